The van der Waals surface area contributed by atoms with Gasteiger partial charge in [0.2, 0.25) is 0 Å². The molecule has 2 aromatic rings. The van der Waals surface area contributed by atoms with Crippen molar-refractivity contribution in [3.8, 4) is 16.9 Å². The number of hydrogen-bond acceptors (Lipinski definition) is 3. The van der Waals surface area contributed by atoms with Crippen LogP contribution in [0.2, 0.25) is 0 Å². The summed E-state index contributed by atoms with van der Waals surface area (Å²) >= 11 is 0. The molecule has 2 heterocycles. The lowest BCUT2D eigenvalue weighted by Crippen LogP contribution is -2.41. The molecule has 0 aliphatic carbocycles. The van der Waals surface area contributed by atoms with Crippen LogP contribution in [0, 0.1) is 0 Å². The Bertz CT molecular complexity index is 705. The van der Waals surface area contributed by atoms with Crippen LogP contribution in [0.25, 0.3) is 11.1 Å². The molecule has 0 N–H and O–H groups in total. The van der Waals surface area contributed by atoms with Gasteiger partial charge in [-0.1, -0.05) is 18.2 Å². The first-order valence-electron chi connectivity index (χ1n) is 7.90. The molecule has 122 valence electrons. The van der Waals surface area contributed by atoms with Gasteiger partial charge >= 0.3 is 7.12 Å². The van der Waals surface area contributed by atoms with E-state index in [9.17, 15) is 0 Å². The first-order chi connectivity index (χ1) is 10.7. The zero-order chi connectivity index (χ0) is 16.8. The van der Waals surface area contributed by atoms with Gasteiger partial charge in [-0.05, 0) is 33.8 Å². The molecule has 1 aliphatic rings. The number of ether oxygens (including phenoxy) is 1. The fourth-order valence-electron chi connectivity index (χ4n) is 2.83. The van der Waals surface area contributed by atoms with Gasteiger partial charge in [0, 0.05) is 36.0 Å². The van der Waals surface area contributed by atoms with Gasteiger partial charge in [0.25, 0.3) is 0 Å². The number of para-hydroxylation sites is 1. The van der Waals surface area contributed by atoms with Crippen molar-refractivity contribution < 1.29 is 14.0 Å². The van der Waals surface area contributed by atoms with E-state index in [0.29, 0.717) is 0 Å². The van der Waals surface area contributed by atoms with Gasteiger partial charge in [0.15, 0.2) is 0 Å². The van der Waals surface area contributed by atoms with E-state index < -0.39 is 7.12 Å². The molecule has 0 saturated carbocycles. The number of nitrogens with zero attached hydrogens (tertiary/aromatic N) is 1. The highest BCUT2D eigenvalue weighted by Gasteiger charge is 2.52. The number of aromatic nitrogens is 1. The van der Waals surface area contributed by atoms with E-state index in [0.717, 1.165) is 22.3 Å². The molecule has 5 heteroatoms. The van der Waals surface area contributed by atoms with Crippen LogP contribution in [0.3, 0.4) is 0 Å². The molecule has 3 rings (SSSR count). The summed E-state index contributed by atoms with van der Waals surface area (Å²) in [5.74, 6) is 0.803. The van der Waals surface area contributed by atoms with Crippen LogP contribution in [0.4, 0.5) is 0 Å². The Hall–Kier alpha value is -1.72. The zero-order valence-electron chi connectivity index (χ0n) is 14.7. The fourth-order valence-corrected chi connectivity index (χ4v) is 2.83. The Labute approximate surface area is 138 Å². The van der Waals surface area contributed by atoms with Crippen molar-refractivity contribution >= 4 is 12.6 Å². The fraction of sp³-hybridized carbons (Fsp3) is 0.444. The van der Waals surface area contributed by atoms with Crippen LogP contribution in [0.5, 0.6) is 5.75 Å². The Balaban J connectivity index is 2.05. The SMILES string of the molecule is COc1c(B2OC(C)(C)C(C)(C)O2)cccc1-c1ccn(C)c1. The summed E-state index contributed by atoms with van der Waals surface area (Å²) in [5, 5.41) is 0. The minimum Gasteiger partial charge on any atom is -0.496 e. The third-order valence-electron chi connectivity index (χ3n) is 4.90. The van der Waals surface area contributed by atoms with Gasteiger partial charge in [0.1, 0.15) is 5.75 Å². The molecule has 4 nitrogen and oxygen atoms in total. The van der Waals surface area contributed by atoms with Gasteiger partial charge in [0.05, 0.1) is 18.3 Å². The highest BCUT2D eigenvalue weighted by Crippen LogP contribution is 2.38. The average Bonchev–Trinajstić information content (AvgIpc) is 2.99. The molecule has 0 unspecified atom stereocenters. The second kappa shape index (κ2) is 5.43. The predicted octanol–water partition coefficient (Wildman–Crippen LogP) is 3.00. The Morgan fingerprint density at radius 2 is 1.70 bits per heavy atom. The van der Waals surface area contributed by atoms with Crippen molar-refractivity contribution in [3.63, 3.8) is 0 Å². The molecule has 1 aliphatic heterocycles. The quantitative estimate of drug-likeness (QED) is 0.817. The highest BCUT2D eigenvalue weighted by atomic mass is 16.7. The third kappa shape index (κ3) is 2.68. The van der Waals surface area contributed by atoms with E-state index in [1.807, 2.05) is 29.9 Å². The summed E-state index contributed by atoms with van der Waals surface area (Å²) in [7, 11) is 3.27. The first-order valence-corrected chi connectivity index (χ1v) is 7.90. The van der Waals surface area contributed by atoms with E-state index in [1.54, 1.807) is 7.11 Å². The highest BCUT2D eigenvalue weighted by molar-refractivity contribution is 6.63. The van der Waals surface area contributed by atoms with E-state index in [2.05, 4.69) is 46.0 Å². The molecule has 1 aromatic carbocycles. The molecule has 1 fully saturated rings. The van der Waals surface area contributed by atoms with E-state index >= 15 is 0 Å². The van der Waals surface area contributed by atoms with E-state index in [4.69, 9.17) is 14.0 Å². The Kier molecular flexibility index (Phi) is 3.81. The molecule has 1 saturated heterocycles. The van der Waals surface area contributed by atoms with Crippen molar-refractivity contribution in [2.24, 2.45) is 7.05 Å². The van der Waals surface area contributed by atoms with E-state index in [-0.39, 0.29) is 11.2 Å². The lowest BCUT2D eigenvalue weighted by atomic mass is 9.77. The number of methoxy groups -OCH3 is 1. The lowest BCUT2D eigenvalue weighted by Gasteiger charge is -2.32. The zero-order valence-corrected chi connectivity index (χ0v) is 14.7. The molecule has 0 amide bonds. The summed E-state index contributed by atoms with van der Waals surface area (Å²) in [4.78, 5) is 0. The Morgan fingerprint density at radius 1 is 1.04 bits per heavy atom. The minimum absolute atomic E-state index is 0.370. The normalized spacial score (nSPS) is 19.1. The summed E-state index contributed by atoms with van der Waals surface area (Å²) < 4.78 is 20.1. The summed E-state index contributed by atoms with van der Waals surface area (Å²) in [5.41, 5.74) is 2.34. The number of rotatable bonds is 3. The smallest absolute Gasteiger partial charge is 0.496 e. The lowest BCUT2D eigenvalue weighted by molar-refractivity contribution is 0.00578. The van der Waals surface area contributed by atoms with Crippen molar-refractivity contribution in [1.29, 1.82) is 0 Å². The maximum absolute atomic E-state index is 6.18. The van der Waals surface area contributed by atoms with Crippen LogP contribution >= 0.6 is 0 Å². The largest absolute Gasteiger partial charge is 0.498 e. The van der Waals surface area contributed by atoms with Gasteiger partial charge in [-0.3, -0.25) is 0 Å². The van der Waals surface area contributed by atoms with Crippen LogP contribution in [0.1, 0.15) is 27.7 Å². The standard InChI is InChI=1S/C18H24BNO3/c1-17(2)18(3,4)23-19(22-17)15-9-7-8-14(16(15)21-6)13-10-11-20(5)12-13/h7-12H,1-6H3. The van der Waals surface area contributed by atoms with Crippen molar-refractivity contribution in [2.45, 2.75) is 38.9 Å². The monoisotopic (exact) mass is 313 g/mol. The second-order valence-electron chi connectivity index (χ2n) is 7.08. The maximum atomic E-state index is 6.18. The second-order valence-corrected chi connectivity index (χ2v) is 7.08. The summed E-state index contributed by atoms with van der Waals surface area (Å²) in [6, 6.07) is 8.16. The summed E-state index contributed by atoms with van der Waals surface area (Å²) in [6.45, 7) is 8.22. The molecular weight excluding hydrogens is 289 g/mol. The van der Waals surface area contributed by atoms with Gasteiger partial charge in [-0.25, -0.2) is 0 Å². The first kappa shape index (κ1) is 16.2. The third-order valence-corrected chi connectivity index (χ3v) is 4.90. The molecular formula is C18H24BNO3. The van der Waals surface area contributed by atoms with Crippen molar-refractivity contribution in [3.05, 3.63) is 36.7 Å². The van der Waals surface area contributed by atoms with Gasteiger partial charge < -0.3 is 18.6 Å². The maximum Gasteiger partial charge on any atom is 0.498 e. The summed E-state index contributed by atoms with van der Waals surface area (Å²) in [6.07, 6.45) is 4.10. The molecule has 0 radical (unpaired) electrons. The number of benzene rings is 1. The predicted molar refractivity (Wildman–Crippen MR) is 93.1 cm³/mol. The van der Waals surface area contributed by atoms with Crippen LogP contribution in [0.15, 0.2) is 36.7 Å². The van der Waals surface area contributed by atoms with Gasteiger partial charge in [-0.2, -0.15) is 0 Å². The molecule has 0 bridgehead atoms. The molecule has 23 heavy (non-hydrogen) atoms. The van der Waals surface area contributed by atoms with Crippen LogP contribution < -0.4 is 10.2 Å². The van der Waals surface area contributed by atoms with Crippen molar-refractivity contribution in [2.75, 3.05) is 7.11 Å². The molecule has 1 aromatic heterocycles. The molecule has 0 spiro atoms. The van der Waals surface area contributed by atoms with Crippen molar-refractivity contribution in [1.82, 2.24) is 4.57 Å². The number of aryl methyl sites for hydroxylation is 1. The Morgan fingerprint density at radius 3 is 2.22 bits per heavy atom. The van der Waals surface area contributed by atoms with E-state index in [1.165, 1.54) is 0 Å². The number of hydrogen-bond donors (Lipinski definition) is 0. The molecule has 0 atom stereocenters. The van der Waals surface area contributed by atoms with Crippen LogP contribution in [-0.2, 0) is 16.4 Å². The van der Waals surface area contributed by atoms with Gasteiger partial charge in [-0.15, -0.1) is 0 Å². The average molecular weight is 313 g/mol. The van der Waals surface area contributed by atoms with Crippen LogP contribution in [-0.4, -0.2) is 30.0 Å². The topological polar surface area (TPSA) is 32.6 Å². The minimum atomic E-state index is -0.432.